The van der Waals surface area contributed by atoms with E-state index in [1.807, 2.05) is 24.3 Å². The summed E-state index contributed by atoms with van der Waals surface area (Å²) in [6.07, 6.45) is 5.62. The smallest absolute Gasteiger partial charge is 0.191 e. The molecule has 0 aromatic heterocycles. The quantitative estimate of drug-likeness (QED) is 0.255. The first-order valence-corrected chi connectivity index (χ1v) is 12.6. The van der Waals surface area contributed by atoms with Gasteiger partial charge in [-0.3, -0.25) is 0 Å². The van der Waals surface area contributed by atoms with Crippen LogP contribution in [0.25, 0.3) is 0 Å². The van der Waals surface area contributed by atoms with Gasteiger partial charge in [0.25, 0.3) is 0 Å². The van der Waals surface area contributed by atoms with E-state index < -0.39 is 8.32 Å². The van der Waals surface area contributed by atoms with Crippen LogP contribution >= 0.6 is 0 Å². The molecule has 1 rings (SSSR count). The lowest BCUT2D eigenvalue weighted by molar-refractivity contribution is 0.148. The van der Waals surface area contributed by atoms with Crippen molar-refractivity contribution in [2.75, 3.05) is 20.3 Å². The molecule has 4 heteroatoms. The summed E-state index contributed by atoms with van der Waals surface area (Å²) in [7, 11) is 0.0903. The monoisotopic (exact) mass is 378 g/mol. The van der Waals surface area contributed by atoms with Crippen molar-refractivity contribution < 1.29 is 13.9 Å². The van der Waals surface area contributed by atoms with Crippen molar-refractivity contribution in [2.24, 2.45) is 0 Å². The number of unbranched alkanes of at least 4 members (excludes halogenated alkanes) is 1. The fourth-order valence-corrected chi connectivity index (χ4v) is 3.34. The van der Waals surface area contributed by atoms with Crippen molar-refractivity contribution in [1.82, 2.24) is 0 Å². The summed E-state index contributed by atoms with van der Waals surface area (Å²) < 4.78 is 17.1. The Morgan fingerprint density at radius 3 is 2.31 bits per heavy atom. The normalized spacial score (nSPS) is 13.1. The minimum Gasteiger partial charge on any atom is -0.497 e. The molecule has 0 unspecified atom stereocenters. The van der Waals surface area contributed by atoms with Crippen LogP contribution in [-0.4, -0.2) is 28.6 Å². The topological polar surface area (TPSA) is 27.7 Å². The standard InChI is InChI=1S/C22H38O3Si/c1-19(10-8-9-16-25-26(6,7)22(2,3)4)15-17-24-18-20-11-13-21(23-5)14-12-20/h11-15H,8-10,16-18H2,1-7H3/b19-15-. The second-order valence-corrected chi connectivity index (χ2v) is 13.3. The van der Waals surface area contributed by atoms with Gasteiger partial charge in [0.2, 0.25) is 0 Å². The van der Waals surface area contributed by atoms with Gasteiger partial charge < -0.3 is 13.9 Å². The van der Waals surface area contributed by atoms with Gasteiger partial charge in [0, 0.05) is 6.61 Å². The van der Waals surface area contributed by atoms with E-state index in [9.17, 15) is 0 Å². The lowest BCUT2D eigenvalue weighted by atomic mass is 10.1. The Morgan fingerprint density at radius 1 is 1.08 bits per heavy atom. The van der Waals surface area contributed by atoms with Gasteiger partial charge in [-0.2, -0.15) is 0 Å². The maximum atomic E-state index is 6.23. The highest BCUT2D eigenvalue weighted by Crippen LogP contribution is 2.36. The fraction of sp³-hybridized carbons (Fsp3) is 0.636. The minimum atomic E-state index is -1.59. The third kappa shape index (κ3) is 8.52. The average Bonchev–Trinajstić information content (AvgIpc) is 2.58. The van der Waals surface area contributed by atoms with Crippen LogP contribution in [0, 0.1) is 0 Å². The summed E-state index contributed by atoms with van der Waals surface area (Å²) in [6.45, 7) is 15.9. The molecule has 0 spiro atoms. The van der Waals surface area contributed by atoms with Gasteiger partial charge in [-0.15, -0.1) is 0 Å². The first kappa shape index (κ1) is 22.9. The molecule has 0 aliphatic heterocycles. The van der Waals surface area contributed by atoms with Gasteiger partial charge in [0.05, 0.1) is 20.3 Å². The Hall–Kier alpha value is -1.10. The van der Waals surface area contributed by atoms with Crippen LogP contribution in [0.3, 0.4) is 0 Å². The van der Waals surface area contributed by atoms with Crippen molar-refractivity contribution >= 4 is 8.32 Å². The average molecular weight is 379 g/mol. The van der Waals surface area contributed by atoms with Crippen molar-refractivity contribution in [1.29, 1.82) is 0 Å². The molecule has 0 aliphatic carbocycles. The summed E-state index contributed by atoms with van der Waals surface area (Å²) in [5, 5.41) is 0.296. The van der Waals surface area contributed by atoms with E-state index in [2.05, 4.69) is 46.9 Å². The molecular weight excluding hydrogens is 340 g/mol. The molecule has 0 heterocycles. The molecular formula is C22H38O3Si. The minimum absolute atomic E-state index is 0.296. The summed E-state index contributed by atoms with van der Waals surface area (Å²) in [6, 6.07) is 8.01. The van der Waals surface area contributed by atoms with Crippen LogP contribution in [0.2, 0.25) is 18.1 Å². The van der Waals surface area contributed by atoms with Crippen molar-refractivity contribution in [3.8, 4) is 5.75 Å². The molecule has 3 nitrogen and oxygen atoms in total. The highest BCUT2D eigenvalue weighted by atomic mass is 28.4. The van der Waals surface area contributed by atoms with E-state index in [4.69, 9.17) is 13.9 Å². The van der Waals surface area contributed by atoms with Gasteiger partial charge in [-0.1, -0.05) is 44.6 Å². The van der Waals surface area contributed by atoms with E-state index in [0.29, 0.717) is 18.3 Å². The Labute approximate surface area is 161 Å². The van der Waals surface area contributed by atoms with Crippen LogP contribution in [0.15, 0.2) is 35.9 Å². The van der Waals surface area contributed by atoms with Crippen LogP contribution in [0.1, 0.15) is 52.5 Å². The molecule has 1 aromatic rings. The van der Waals surface area contributed by atoms with Gasteiger partial charge >= 0.3 is 0 Å². The molecule has 0 saturated carbocycles. The molecule has 1 aromatic carbocycles. The molecule has 26 heavy (non-hydrogen) atoms. The molecule has 0 aliphatic rings. The summed E-state index contributed by atoms with van der Waals surface area (Å²) >= 11 is 0. The highest BCUT2D eigenvalue weighted by molar-refractivity contribution is 6.74. The van der Waals surface area contributed by atoms with Crippen LogP contribution in [0.4, 0.5) is 0 Å². The first-order chi connectivity index (χ1) is 12.2. The zero-order chi connectivity index (χ0) is 19.6. The van der Waals surface area contributed by atoms with Crippen molar-refractivity contribution in [3.63, 3.8) is 0 Å². The lowest BCUT2D eigenvalue weighted by Gasteiger charge is -2.36. The Balaban J connectivity index is 2.16. The molecule has 0 radical (unpaired) electrons. The van der Waals surface area contributed by atoms with Crippen molar-refractivity contribution in [3.05, 3.63) is 41.5 Å². The molecule has 148 valence electrons. The molecule has 0 N–H and O–H groups in total. The SMILES string of the molecule is COc1ccc(COC/C=C(/C)CCCCO[Si](C)(C)C(C)(C)C)cc1. The second-order valence-electron chi connectivity index (χ2n) is 8.48. The van der Waals surface area contributed by atoms with Gasteiger partial charge in [0.1, 0.15) is 5.75 Å². The number of benzene rings is 1. The summed E-state index contributed by atoms with van der Waals surface area (Å²) in [4.78, 5) is 0. The highest BCUT2D eigenvalue weighted by Gasteiger charge is 2.36. The third-order valence-corrected chi connectivity index (χ3v) is 9.75. The number of rotatable bonds is 11. The van der Waals surface area contributed by atoms with Crippen LogP contribution in [-0.2, 0) is 15.8 Å². The molecule has 0 bridgehead atoms. The van der Waals surface area contributed by atoms with E-state index >= 15 is 0 Å². The van der Waals surface area contributed by atoms with Crippen molar-refractivity contribution in [2.45, 2.75) is 71.7 Å². The zero-order valence-electron chi connectivity index (χ0n) is 17.9. The molecule has 0 atom stereocenters. The third-order valence-electron chi connectivity index (χ3n) is 5.21. The summed E-state index contributed by atoms with van der Waals surface area (Å²) in [5.74, 6) is 0.877. The predicted molar refractivity (Wildman–Crippen MR) is 113 cm³/mol. The lowest BCUT2D eigenvalue weighted by Crippen LogP contribution is -2.40. The van der Waals surface area contributed by atoms with Crippen LogP contribution < -0.4 is 4.74 Å². The fourth-order valence-electron chi connectivity index (χ4n) is 2.25. The number of allylic oxidation sites excluding steroid dienone is 1. The van der Waals surface area contributed by atoms with E-state index in [-0.39, 0.29) is 0 Å². The van der Waals surface area contributed by atoms with Gasteiger partial charge in [-0.05, 0) is 62.0 Å². The Morgan fingerprint density at radius 2 is 1.73 bits per heavy atom. The first-order valence-electron chi connectivity index (χ1n) is 9.66. The largest absolute Gasteiger partial charge is 0.497 e. The maximum Gasteiger partial charge on any atom is 0.191 e. The van der Waals surface area contributed by atoms with E-state index in [1.165, 1.54) is 17.6 Å². The number of hydrogen-bond donors (Lipinski definition) is 0. The molecule has 0 fully saturated rings. The Bertz CT molecular complexity index is 542. The van der Waals surface area contributed by atoms with Crippen LogP contribution in [0.5, 0.6) is 5.75 Å². The van der Waals surface area contributed by atoms with E-state index in [1.54, 1.807) is 7.11 Å². The molecule has 0 saturated heterocycles. The second kappa shape index (κ2) is 10.9. The Kier molecular flexibility index (Phi) is 9.62. The van der Waals surface area contributed by atoms with E-state index in [0.717, 1.165) is 25.2 Å². The zero-order valence-corrected chi connectivity index (χ0v) is 18.9. The van der Waals surface area contributed by atoms with Gasteiger partial charge in [-0.25, -0.2) is 0 Å². The predicted octanol–water partition coefficient (Wildman–Crippen LogP) is 6.35. The number of methoxy groups -OCH3 is 1. The maximum absolute atomic E-state index is 6.23. The number of hydrogen-bond acceptors (Lipinski definition) is 3. The summed E-state index contributed by atoms with van der Waals surface area (Å²) in [5.41, 5.74) is 2.56. The number of ether oxygens (including phenoxy) is 2. The molecule has 0 amide bonds. The van der Waals surface area contributed by atoms with Gasteiger partial charge in [0.15, 0.2) is 8.32 Å².